The lowest BCUT2D eigenvalue weighted by atomic mass is 10.0. The van der Waals surface area contributed by atoms with E-state index in [9.17, 15) is 18.0 Å². The van der Waals surface area contributed by atoms with Crippen molar-refractivity contribution in [1.29, 1.82) is 0 Å². The van der Waals surface area contributed by atoms with Crippen molar-refractivity contribution < 1.29 is 27.5 Å². The number of aromatic nitrogens is 1. The summed E-state index contributed by atoms with van der Waals surface area (Å²) in [6.07, 6.45) is 0.463. The van der Waals surface area contributed by atoms with Crippen LogP contribution >= 0.6 is 0 Å². The van der Waals surface area contributed by atoms with E-state index in [2.05, 4.69) is 16.4 Å². The van der Waals surface area contributed by atoms with Crippen LogP contribution in [0.25, 0.3) is 21.8 Å². The molecule has 0 aliphatic heterocycles. The van der Waals surface area contributed by atoms with E-state index in [1.165, 1.54) is 4.31 Å². The highest BCUT2D eigenvalue weighted by Crippen LogP contribution is 2.35. The van der Waals surface area contributed by atoms with Crippen molar-refractivity contribution >= 4 is 49.2 Å². The number of amides is 1. The van der Waals surface area contributed by atoms with Gasteiger partial charge in [-0.3, -0.25) is 13.9 Å². The van der Waals surface area contributed by atoms with Gasteiger partial charge >= 0.3 is 0 Å². The molecule has 0 spiro atoms. The van der Waals surface area contributed by atoms with E-state index in [1.807, 2.05) is 115 Å². The molecule has 0 aliphatic rings. The number of aromatic amines is 1. The number of carbonyl (C=O) groups excluding carboxylic acids is 2. The lowest BCUT2D eigenvalue weighted by Crippen LogP contribution is -2.33. The summed E-state index contributed by atoms with van der Waals surface area (Å²) >= 11 is 0. The first-order valence-electron chi connectivity index (χ1n) is 19.7. The number of nitrogens with one attached hydrogen (secondary N) is 2. The number of ether oxygens (including phenoxy) is 2. The maximum absolute atomic E-state index is 14.4. The Labute approximate surface area is 349 Å². The zero-order valence-corrected chi connectivity index (χ0v) is 33.6. The Kier molecular flexibility index (Phi) is 12.0. The Morgan fingerprint density at radius 1 is 0.617 bits per heavy atom. The van der Waals surface area contributed by atoms with Crippen LogP contribution in [0.3, 0.4) is 0 Å². The Bertz CT molecular complexity index is 2860. The molecule has 0 atom stereocenters. The van der Waals surface area contributed by atoms with Crippen molar-refractivity contribution in [2.75, 3.05) is 17.5 Å². The molecule has 0 aliphatic carbocycles. The molecule has 0 bridgehead atoms. The van der Waals surface area contributed by atoms with Crippen LogP contribution in [0.1, 0.15) is 43.0 Å². The summed E-state index contributed by atoms with van der Waals surface area (Å²) in [7, 11) is -4.02. The van der Waals surface area contributed by atoms with Gasteiger partial charge in [0.25, 0.3) is 5.91 Å². The molecule has 8 rings (SSSR count). The highest BCUT2D eigenvalue weighted by atomic mass is 32.2. The number of hydrogen-bond acceptors (Lipinski definition) is 6. The SMILES string of the molecule is O=C(CNC(=O)c1ccccc1CCOc1ccc2c(c1)[nH]c1ccccc12)c1ccc(OCc2ccccc2)c(N(Cc2ccccc2)S(=O)(=O)Cc2ccccc2)c1. The molecule has 0 saturated heterocycles. The van der Waals surface area contributed by atoms with Crippen LogP contribution in [0.15, 0.2) is 176 Å². The van der Waals surface area contributed by atoms with Gasteiger partial charge in [0, 0.05) is 39.9 Å². The average Bonchev–Trinajstić information content (AvgIpc) is 3.65. The van der Waals surface area contributed by atoms with Crippen molar-refractivity contribution in [3.63, 3.8) is 0 Å². The maximum atomic E-state index is 14.4. The normalized spacial score (nSPS) is 11.3. The third-order valence-electron chi connectivity index (χ3n) is 10.3. The highest BCUT2D eigenvalue weighted by Gasteiger charge is 2.28. The molecule has 60 heavy (non-hydrogen) atoms. The number of hydrogen-bond donors (Lipinski definition) is 2. The molecule has 1 heterocycles. The molecule has 7 aromatic carbocycles. The second-order valence-electron chi connectivity index (χ2n) is 14.4. The van der Waals surface area contributed by atoms with Crippen LogP contribution in [0.2, 0.25) is 0 Å². The topological polar surface area (TPSA) is 118 Å². The number of H-pyrrole nitrogens is 1. The molecule has 1 aromatic heterocycles. The van der Waals surface area contributed by atoms with Gasteiger partial charge in [0.1, 0.15) is 18.1 Å². The average molecular weight is 814 g/mol. The summed E-state index contributed by atoms with van der Waals surface area (Å²) in [4.78, 5) is 30.9. The van der Waals surface area contributed by atoms with E-state index in [4.69, 9.17) is 9.47 Å². The van der Waals surface area contributed by atoms with E-state index in [0.29, 0.717) is 35.7 Å². The van der Waals surface area contributed by atoms with Crippen LogP contribution in [0.5, 0.6) is 11.5 Å². The molecular formula is C50H43N3O6S. The Morgan fingerprint density at radius 2 is 1.27 bits per heavy atom. The first kappa shape index (κ1) is 39.6. The summed E-state index contributed by atoms with van der Waals surface area (Å²) < 4.78 is 42.5. The van der Waals surface area contributed by atoms with Gasteiger partial charge < -0.3 is 19.8 Å². The predicted octanol–water partition coefficient (Wildman–Crippen LogP) is 9.67. The number of benzene rings is 7. The molecule has 8 aromatic rings. The van der Waals surface area contributed by atoms with Gasteiger partial charge in [-0.2, -0.15) is 0 Å². The van der Waals surface area contributed by atoms with Crippen LogP contribution < -0.4 is 19.1 Å². The Hall–Kier alpha value is -7.17. The number of carbonyl (C=O) groups is 2. The fraction of sp³-hybridized carbons (Fsp3) is 0.120. The summed E-state index contributed by atoms with van der Waals surface area (Å²) in [5.74, 6) is -0.0567. The number of fused-ring (bicyclic) bond motifs is 3. The quantitative estimate of drug-likeness (QED) is 0.0885. The van der Waals surface area contributed by atoms with E-state index in [-0.39, 0.29) is 36.7 Å². The second kappa shape index (κ2) is 18.2. The predicted molar refractivity (Wildman–Crippen MR) is 237 cm³/mol. The monoisotopic (exact) mass is 813 g/mol. The summed E-state index contributed by atoms with van der Waals surface area (Å²) in [5.41, 5.74) is 5.97. The molecule has 10 heteroatoms. The fourth-order valence-corrected chi connectivity index (χ4v) is 8.77. The minimum absolute atomic E-state index is 0.00417. The standard InChI is InChI=1S/C50H43N3O6S/c54-48(32-51-50(55)42-21-11-10-20-39(42)28-29-58-41-25-26-44-43-22-12-13-23-45(43)52-46(44)31-41)40-24-27-49(59-34-37-16-6-2-7-17-37)47(30-40)53(33-36-14-4-1-5-15-36)60(56,57)35-38-18-8-3-9-19-38/h1-27,30-31,52H,28-29,32-35H2,(H,51,55). The fourth-order valence-electron chi connectivity index (χ4n) is 7.21. The van der Waals surface area contributed by atoms with Gasteiger partial charge in [-0.15, -0.1) is 0 Å². The van der Waals surface area contributed by atoms with Crippen LogP contribution in [0.4, 0.5) is 5.69 Å². The summed E-state index contributed by atoms with van der Waals surface area (Å²) in [6, 6.07) is 53.9. The molecule has 1 amide bonds. The lowest BCUT2D eigenvalue weighted by Gasteiger charge is -2.27. The molecule has 2 N–H and O–H groups in total. The van der Waals surface area contributed by atoms with Crippen LogP contribution in [0, 0.1) is 0 Å². The van der Waals surface area contributed by atoms with E-state index >= 15 is 0 Å². The van der Waals surface area contributed by atoms with Crippen LogP contribution in [-0.2, 0) is 35.3 Å². The molecule has 300 valence electrons. The third-order valence-corrected chi connectivity index (χ3v) is 12.0. The van der Waals surface area contributed by atoms with Crippen LogP contribution in [-0.4, -0.2) is 38.2 Å². The summed E-state index contributed by atoms with van der Waals surface area (Å²) in [5, 5.41) is 5.07. The number of para-hydroxylation sites is 1. The number of nitrogens with zero attached hydrogens (tertiary/aromatic N) is 1. The van der Waals surface area contributed by atoms with Gasteiger partial charge in [-0.1, -0.05) is 127 Å². The van der Waals surface area contributed by atoms with Crippen molar-refractivity contribution in [1.82, 2.24) is 10.3 Å². The number of Topliss-reactive ketones (excluding diaryl/α,β-unsaturated/α-hetero) is 1. The molecule has 9 nitrogen and oxygen atoms in total. The first-order chi connectivity index (χ1) is 29.3. The molecule has 0 fully saturated rings. The van der Waals surface area contributed by atoms with Gasteiger partial charge in [0.15, 0.2) is 5.78 Å². The van der Waals surface area contributed by atoms with Crippen molar-refractivity contribution in [3.8, 4) is 11.5 Å². The minimum Gasteiger partial charge on any atom is -0.493 e. The molecule has 0 unspecified atom stereocenters. The summed E-state index contributed by atoms with van der Waals surface area (Å²) in [6.45, 7) is 0.208. The van der Waals surface area contributed by atoms with Gasteiger partial charge in [0.05, 0.1) is 36.7 Å². The number of ketones is 1. The van der Waals surface area contributed by atoms with Gasteiger partial charge in [-0.05, 0) is 64.7 Å². The second-order valence-corrected chi connectivity index (χ2v) is 16.3. The number of rotatable bonds is 17. The Morgan fingerprint density at radius 3 is 2.03 bits per heavy atom. The number of sulfonamides is 1. The van der Waals surface area contributed by atoms with E-state index in [0.717, 1.165) is 38.5 Å². The third kappa shape index (κ3) is 9.41. The zero-order chi connectivity index (χ0) is 41.3. The zero-order valence-electron chi connectivity index (χ0n) is 32.8. The first-order valence-corrected chi connectivity index (χ1v) is 21.3. The van der Waals surface area contributed by atoms with Crippen molar-refractivity contribution in [3.05, 3.63) is 209 Å². The largest absolute Gasteiger partial charge is 0.493 e. The molecular weight excluding hydrogens is 771 g/mol. The van der Waals surface area contributed by atoms with E-state index in [1.54, 1.807) is 54.6 Å². The minimum atomic E-state index is -4.02. The van der Waals surface area contributed by atoms with Gasteiger partial charge in [0.2, 0.25) is 10.0 Å². The smallest absolute Gasteiger partial charge is 0.251 e. The van der Waals surface area contributed by atoms with Gasteiger partial charge in [-0.25, -0.2) is 8.42 Å². The lowest BCUT2D eigenvalue weighted by molar-refractivity contribution is 0.0903. The highest BCUT2D eigenvalue weighted by molar-refractivity contribution is 7.92. The molecule has 0 saturated carbocycles. The maximum Gasteiger partial charge on any atom is 0.251 e. The van der Waals surface area contributed by atoms with Crippen molar-refractivity contribution in [2.24, 2.45) is 0 Å². The Balaban J connectivity index is 0.999. The van der Waals surface area contributed by atoms with Crippen molar-refractivity contribution in [2.45, 2.75) is 25.3 Å². The number of anilines is 1. The van der Waals surface area contributed by atoms with E-state index < -0.39 is 21.7 Å². The molecule has 0 radical (unpaired) electrons.